The first-order valence-electron chi connectivity index (χ1n) is 11.4. The van der Waals surface area contributed by atoms with Crippen molar-refractivity contribution in [2.75, 3.05) is 0 Å². The molecule has 0 aliphatic heterocycles. The molecule has 5 nitrogen and oxygen atoms in total. The third kappa shape index (κ3) is 3.57. The van der Waals surface area contributed by atoms with E-state index in [0.29, 0.717) is 32.1 Å². The number of hydrogen-bond donors (Lipinski definition) is 1. The van der Waals surface area contributed by atoms with Gasteiger partial charge in [-0.1, -0.05) is 20.8 Å². The topological polar surface area (TPSA) is 88.5 Å². The van der Waals surface area contributed by atoms with Crippen LogP contribution in [0.1, 0.15) is 78.6 Å². The number of carbonyl (C=O) groups excluding carboxylic acids is 3. The Morgan fingerprint density at radius 3 is 2.47 bits per heavy atom. The van der Waals surface area contributed by atoms with Crippen molar-refractivity contribution >= 4 is 52.9 Å². The van der Waals surface area contributed by atoms with Crippen LogP contribution in [-0.2, 0) is 19.2 Å². The fourth-order valence-electron chi connectivity index (χ4n) is 7.94. The van der Waals surface area contributed by atoms with Crippen molar-refractivity contribution < 1.29 is 24.3 Å². The number of aliphatic carboxylic acids is 1. The van der Waals surface area contributed by atoms with Gasteiger partial charge in [0.05, 0.1) is 0 Å². The molecule has 30 heavy (non-hydrogen) atoms. The average Bonchev–Trinajstić information content (AvgIpc) is 3.01. The first-order chi connectivity index (χ1) is 13.6. The van der Waals surface area contributed by atoms with Crippen LogP contribution in [0.5, 0.6) is 0 Å². The maximum atomic E-state index is 13.6. The Morgan fingerprint density at radius 2 is 1.80 bits per heavy atom. The van der Waals surface area contributed by atoms with Crippen molar-refractivity contribution in [3.05, 3.63) is 0 Å². The van der Waals surface area contributed by atoms with Gasteiger partial charge in [-0.25, -0.2) is 0 Å². The second-order valence-corrected chi connectivity index (χ2v) is 10.9. The van der Waals surface area contributed by atoms with Gasteiger partial charge in [-0.05, 0) is 60.7 Å². The third-order valence-corrected chi connectivity index (χ3v) is 9.72. The summed E-state index contributed by atoms with van der Waals surface area (Å²) in [5.74, 6) is 0.524. The number of rotatable bonds is 4. The minimum absolute atomic E-state index is 0. The quantitative estimate of drug-likeness (QED) is 0.696. The van der Waals surface area contributed by atoms with Crippen LogP contribution in [0, 0.1) is 46.3 Å². The molecule has 4 aliphatic carbocycles. The molecule has 0 spiro atoms. The summed E-state index contributed by atoms with van der Waals surface area (Å²) in [6.07, 6.45) is 5.33. The van der Waals surface area contributed by atoms with Crippen molar-refractivity contribution in [2.24, 2.45) is 46.3 Å². The van der Waals surface area contributed by atoms with Crippen LogP contribution in [0.4, 0.5) is 0 Å². The van der Waals surface area contributed by atoms with Crippen LogP contribution in [0.2, 0.25) is 0 Å². The van der Waals surface area contributed by atoms with Crippen LogP contribution in [-0.4, -0.2) is 58.0 Å². The van der Waals surface area contributed by atoms with Gasteiger partial charge in [0.2, 0.25) is 0 Å². The van der Waals surface area contributed by atoms with Crippen molar-refractivity contribution in [1.29, 1.82) is 0 Å². The molecule has 0 saturated heterocycles. The SMILES string of the molecule is C[C@H](CCC(=O)O)[C@H]1CC[C@H]2[C@@H]3C(=O)C[C@@H]4CC(=O)CC[C@]4(C)[C@H]3CC(=O)[C@]12C.[NaH]. The van der Waals surface area contributed by atoms with E-state index in [2.05, 4.69) is 20.8 Å². The Kier molecular flexibility index (Phi) is 6.79. The second kappa shape index (κ2) is 8.44. The molecule has 0 bridgehead atoms. The normalized spacial score (nSPS) is 43.8. The Hall–Kier alpha value is -0.520. The van der Waals surface area contributed by atoms with E-state index >= 15 is 0 Å². The summed E-state index contributed by atoms with van der Waals surface area (Å²) < 4.78 is 0. The molecule has 0 radical (unpaired) electrons. The number of fused-ring (bicyclic) bond motifs is 5. The van der Waals surface area contributed by atoms with E-state index in [4.69, 9.17) is 5.11 Å². The van der Waals surface area contributed by atoms with Crippen LogP contribution < -0.4 is 0 Å². The fraction of sp³-hybridized carbons (Fsp3) is 0.833. The van der Waals surface area contributed by atoms with E-state index in [9.17, 15) is 19.2 Å². The first kappa shape index (κ1) is 24.1. The minimum atomic E-state index is -0.792. The molecule has 4 saturated carbocycles. The van der Waals surface area contributed by atoms with Crippen LogP contribution in [0.15, 0.2) is 0 Å². The van der Waals surface area contributed by atoms with Crippen molar-refractivity contribution in [3.8, 4) is 0 Å². The molecule has 6 heteroatoms. The molecule has 0 heterocycles. The number of hydrogen-bond acceptors (Lipinski definition) is 4. The van der Waals surface area contributed by atoms with Gasteiger partial charge in [-0.2, -0.15) is 0 Å². The van der Waals surface area contributed by atoms with Crippen LogP contribution >= 0.6 is 0 Å². The van der Waals surface area contributed by atoms with E-state index in [1.807, 2.05) is 0 Å². The number of carboxylic acids is 1. The maximum absolute atomic E-state index is 13.6. The first-order valence-corrected chi connectivity index (χ1v) is 11.4. The van der Waals surface area contributed by atoms with Gasteiger partial charge in [0.15, 0.2) is 0 Å². The molecule has 0 amide bonds. The number of carboxylic acid groups (broad SMARTS) is 1. The van der Waals surface area contributed by atoms with Gasteiger partial charge in [0.25, 0.3) is 0 Å². The van der Waals surface area contributed by atoms with Gasteiger partial charge < -0.3 is 5.11 Å². The van der Waals surface area contributed by atoms with Gasteiger partial charge >= 0.3 is 35.5 Å². The third-order valence-electron chi connectivity index (χ3n) is 9.72. The van der Waals surface area contributed by atoms with Gasteiger partial charge in [0, 0.05) is 43.4 Å². The van der Waals surface area contributed by atoms with E-state index in [1.54, 1.807) is 0 Å². The number of Topliss-reactive ketones (excluding diaryl/α,β-unsaturated/α-hetero) is 3. The summed E-state index contributed by atoms with van der Waals surface area (Å²) in [7, 11) is 0. The standard InChI is InChI=1S/C24H34O5.Na.H/c1-13(4-7-21(28)29)16-5-6-17-22-18(12-20(27)24(16,17)3)23(2)9-8-15(25)10-14(23)11-19(22)26;;/h13-14,16-18,22H,4-12H2,1-3H3,(H,28,29);;/t13-,14+,16-,17+,18+,22+,23+,24-;;/m1../s1. The summed E-state index contributed by atoms with van der Waals surface area (Å²) in [6, 6.07) is 0. The van der Waals surface area contributed by atoms with Crippen molar-refractivity contribution in [1.82, 2.24) is 0 Å². The average molecular weight is 427 g/mol. The summed E-state index contributed by atoms with van der Waals surface area (Å²) in [6.45, 7) is 6.37. The van der Waals surface area contributed by atoms with Crippen molar-refractivity contribution in [2.45, 2.75) is 78.6 Å². The van der Waals surface area contributed by atoms with Gasteiger partial charge in [-0.3, -0.25) is 19.2 Å². The van der Waals surface area contributed by atoms with E-state index in [-0.39, 0.29) is 94.3 Å². The van der Waals surface area contributed by atoms with Crippen LogP contribution in [0.25, 0.3) is 0 Å². The predicted octanol–water partition coefficient (Wildman–Crippen LogP) is 3.42. The monoisotopic (exact) mass is 426 g/mol. The van der Waals surface area contributed by atoms with Gasteiger partial charge in [0.1, 0.15) is 17.3 Å². The molecule has 4 aliphatic rings. The van der Waals surface area contributed by atoms with Gasteiger partial charge in [-0.15, -0.1) is 0 Å². The molecule has 4 fully saturated rings. The van der Waals surface area contributed by atoms with E-state index in [0.717, 1.165) is 19.3 Å². The Labute approximate surface area is 201 Å². The summed E-state index contributed by atoms with van der Waals surface area (Å²) in [5, 5.41) is 9.06. The molecule has 1 N–H and O–H groups in total. The molecule has 0 aromatic carbocycles. The molecular weight excluding hydrogens is 391 g/mol. The summed E-state index contributed by atoms with van der Waals surface area (Å²) in [5.41, 5.74) is -0.598. The molecular formula is C24H35NaO5. The molecule has 0 unspecified atom stereocenters. The molecule has 0 aromatic rings. The summed E-state index contributed by atoms with van der Waals surface area (Å²) in [4.78, 5) is 50.0. The van der Waals surface area contributed by atoms with Crippen LogP contribution in [0.3, 0.4) is 0 Å². The predicted molar refractivity (Wildman–Crippen MR) is 114 cm³/mol. The fourth-order valence-corrected chi connectivity index (χ4v) is 7.94. The zero-order valence-corrected chi connectivity index (χ0v) is 17.9. The number of carbonyl (C=O) groups is 4. The van der Waals surface area contributed by atoms with E-state index < -0.39 is 11.4 Å². The zero-order valence-electron chi connectivity index (χ0n) is 17.9. The molecule has 0 aromatic heterocycles. The molecule has 8 atom stereocenters. The molecule has 4 rings (SSSR count). The number of ketones is 3. The Balaban J connectivity index is 0.00000256. The Bertz CT molecular complexity index is 763. The summed E-state index contributed by atoms with van der Waals surface area (Å²) >= 11 is 0. The zero-order chi connectivity index (χ0) is 21.1. The molecule has 162 valence electrons. The Morgan fingerprint density at radius 1 is 1.10 bits per heavy atom. The van der Waals surface area contributed by atoms with E-state index in [1.165, 1.54) is 0 Å². The second-order valence-electron chi connectivity index (χ2n) is 10.9. The van der Waals surface area contributed by atoms with Crippen molar-refractivity contribution in [3.63, 3.8) is 0 Å².